The fourth-order valence-electron chi connectivity index (χ4n) is 1.27. The number of pyridine rings is 1. The van der Waals surface area contributed by atoms with Crippen LogP contribution in [0.2, 0.25) is 0 Å². The first-order valence-electron chi connectivity index (χ1n) is 4.53. The molecule has 0 atom stereocenters. The summed E-state index contributed by atoms with van der Waals surface area (Å²) >= 11 is 8.23. The molecular formula is C11H7Br2NOS. The van der Waals surface area contributed by atoms with E-state index in [1.54, 1.807) is 17.5 Å². The number of halogens is 2. The lowest BCUT2D eigenvalue weighted by Crippen LogP contribution is -2.05. The smallest absolute Gasteiger partial charge is 0.187 e. The Bertz CT molecular complexity index is 511. The zero-order chi connectivity index (χ0) is 11.5. The molecule has 82 valence electrons. The fraction of sp³-hybridized carbons (Fsp3) is 0.0909. The molecule has 0 saturated heterocycles. The summed E-state index contributed by atoms with van der Waals surface area (Å²) in [6.45, 7) is 0. The van der Waals surface area contributed by atoms with Crippen LogP contribution in [-0.4, -0.2) is 10.8 Å². The number of carbonyl (C=O) groups is 1. The van der Waals surface area contributed by atoms with Crippen molar-refractivity contribution in [2.75, 3.05) is 0 Å². The van der Waals surface area contributed by atoms with E-state index in [2.05, 4.69) is 36.8 Å². The van der Waals surface area contributed by atoms with Gasteiger partial charge in [-0.3, -0.25) is 9.78 Å². The number of hydrogen-bond acceptors (Lipinski definition) is 3. The van der Waals surface area contributed by atoms with Crippen LogP contribution >= 0.6 is 43.2 Å². The van der Waals surface area contributed by atoms with Crippen LogP contribution in [0, 0.1) is 0 Å². The van der Waals surface area contributed by atoms with Crippen molar-refractivity contribution in [1.29, 1.82) is 0 Å². The maximum absolute atomic E-state index is 11.9. The van der Waals surface area contributed by atoms with E-state index >= 15 is 0 Å². The van der Waals surface area contributed by atoms with E-state index in [1.165, 1.54) is 0 Å². The minimum absolute atomic E-state index is 0.0295. The molecule has 2 nitrogen and oxygen atoms in total. The van der Waals surface area contributed by atoms with E-state index in [0.717, 1.165) is 13.8 Å². The standard InChI is InChI=1S/C11H7Br2NOS/c12-7-4-9(13)11(14-6-7)10(15)5-8-2-1-3-16-8/h1-4,6H,5H2. The molecule has 0 saturated carbocycles. The van der Waals surface area contributed by atoms with Gasteiger partial charge >= 0.3 is 0 Å². The van der Waals surface area contributed by atoms with Crippen molar-refractivity contribution in [1.82, 2.24) is 4.98 Å². The Morgan fingerprint density at radius 3 is 2.88 bits per heavy atom. The lowest BCUT2D eigenvalue weighted by molar-refractivity contribution is 0.0988. The molecule has 0 N–H and O–H groups in total. The minimum atomic E-state index is 0.0295. The van der Waals surface area contributed by atoms with Gasteiger partial charge in [0.1, 0.15) is 5.69 Å². The van der Waals surface area contributed by atoms with Gasteiger partial charge in [0.2, 0.25) is 0 Å². The molecule has 0 unspecified atom stereocenters. The lowest BCUT2D eigenvalue weighted by atomic mass is 10.2. The highest BCUT2D eigenvalue weighted by molar-refractivity contribution is 9.11. The van der Waals surface area contributed by atoms with Crippen molar-refractivity contribution in [3.63, 3.8) is 0 Å². The molecule has 0 aromatic carbocycles. The highest BCUT2D eigenvalue weighted by Gasteiger charge is 2.13. The average Bonchev–Trinajstić information content (AvgIpc) is 2.70. The van der Waals surface area contributed by atoms with E-state index in [-0.39, 0.29) is 5.78 Å². The zero-order valence-electron chi connectivity index (χ0n) is 8.11. The zero-order valence-corrected chi connectivity index (χ0v) is 12.1. The molecular weight excluding hydrogens is 354 g/mol. The Labute approximate surface area is 114 Å². The van der Waals surface area contributed by atoms with Crippen molar-refractivity contribution in [2.24, 2.45) is 0 Å². The lowest BCUT2D eigenvalue weighted by Gasteiger charge is -2.01. The molecule has 2 aromatic heterocycles. The quantitative estimate of drug-likeness (QED) is 0.771. The summed E-state index contributed by atoms with van der Waals surface area (Å²) in [5.41, 5.74) is 0.483. The maximum atomic E-state index is 11.9. The number of rotatable bonds is 3. The Morgan fingerprint density at radius 1 is 1.44 bits per heavy atom. The molecule has 0 amide bonds. The SMILES string of the molecule is O=C(Cc1cccs1)c1ncc(Br)cc1Br. The normalized spacial score (nSPS) is 10.4. The highest BCUT2D eigenvalue weighted by Crippen LogP contribution is 2.21. The summed E-state index contributed by atoms with van der Waals surface area (Å²) in [7, 11) is 0. The molecule has 0 aliphatic heterocycles. The van der Waals surface area contributed by atoms with Crippen LogP contribution in [0.1, 0.15) is 15.4 Å². The van der Waals surface area contributed by atoms with Gasteiger partial charge in [-0.2, -0.15) is 0 Å². The van der Waals surface area contributed by atoms with Crippen molar-refractivity contribution in [3.05, 3.63) is 49.3 Å². The molecule has 0 fully saturated rings. The summed E-state index contributed by atoms with van der Waals surface area (Å²) in [5, 5.41) is 1.96. The minimum Gasteiger partial charge on any atom is -0.292 e. The van der Waals surface area contributed by atoms with Gasteiger partial charge in [-0.15, -0.1) is 11.3 Å². The van der Waals surface area contributed by atoms with Gasteiger partial charge < -0.3 is 0 Å². The van der Waals surface area contributed by atoms with Crippen LogP contribution < -0.4 is 0 Å². The second kappa shape index (κ2) is 5.21. The number of nitrogens with zero attached hydrogens (tertiary/aromatic N) is 1. The third-order valence-corrected chi connectivity index (χ3v) is 3.90. The molecule has 0 aliphatic carbocycles. The van der Waals surface area contributed by atoms with Gasteiger partial charge in [0.05, 0.1) is 0 Å². The van der Waals surface area contributed by atoms with Crippen LogP contribution in [0.4, 0.5) is 0 Å². The number of thiophene rings is 1. The first-order chi connectivity index (χ1) is 7.66. The summed E-state index contributed by atoms with van der Waals surface area (Å²) in [4.78, 5) is 17.1. The third kappa shape index (κ3) is 2.78. The van der Waals surface area contributed by atoms with Gasteiger partial charge in [0.25, 0.3) is 0 Å². The average molecular weight is 361 g/mol. The number of aromatic nitrogens is 1. The Kier molecular flexibility index (Phi) is 3.89. The Hall–Kier alpha value is -0.520. The van der Waals surface area contributed by atoms with Crippen LogP contribution in [0.5, 0.6) is 0 Å². The predicted octanol–water partition coefficient (Wildman–Crippen LogP) is 4.09. The predicted molar refractivity (Wildman–Crippen MR) is 72.0 cm³/mol. The van der Waals surface area contributed by atoms with Crippen molar-refractivity contribution >= 4 is 49.0 Å². The Morgan fingerprint density at radius 2 is 2.25 bits per heavy atom. The second-order valence-electron chi connectivity index (χ2n) is 3.16. The molecule has 2 rings (SSSR count). The van der Waals surface area contributed by atoms with Crippen molar-refractivity contribution in [2.45, 2.75) is 6.42 Å². The summed E-state index contributed by atoms with van der Waals surface area (Å²) in [6.07, 6.45) is 2.04. The summed E-state index contributed by atoms with van der Waals surface area (Å²) < 4.78 is 1.58. The van der Waals surface area contributed by atoms with E-state index in [1.807, 2.05) is 23.6 Å². The molecule has 0 radical (unpaired) electrons. The molecule has 2 heterocycles. The number of hydrogen-bond donors (Lipinski definition) is 0. The number of carbonyl (C=O) groups excluding carboxylic acids is 1. The van der Waals surface area contributed by atoms with Crippen molar-refractivity contribution < 1.29 is 4.79 Å². The first kappa shape index (κ1) is 12.0. The highest BCUT2D eigenvalue weighted by atomic mass is 79.9. The van der Waals surface area contributed by atoms with E-state index in [4.69, 9.17) is 0 Å². The molecule has 5 heteroatoms. The first-order valence-corrected chi connectivity index (χ1v) is 7.00. The second-order valence-corrected chi connectivity index (χ2v) is 5.97. The Balaban J connectivity index is 2.21. The molecule has 16 heavy (non-hydrogen) atoms. The van der Waals surface area contributed by atoms with Gasteiger partial charge in [0, 0.05) is 26.4 Å². The van der Waals surface area contributed by atoms with Gasteiger partial charge in [-0.25, -0.2) is 0 Å². The van der Waals surface area contributed by atoms with Crippen LogP contribution in [0.15, 0.2) is 38.7 Å². The molecule has 0 bridgehead atoms. The largest absolute Gasteiger partial charge is 0.292 e. The number of Topliss-reactive ketones (excluding diaryl/α,β-unsaturated/α-hetero) is 1. The third-order valence-electron chi connectivity index (χ3n) is 1.99. The van der Waals surface area contributed by atoms with Crippen LogP contribution in [0.3, 0.4) is 0 Å². The maximum Gasteiger partial charge on any atom is 0.187 e. The van der Waals surface area contributed by atoms with Crippen molar-refractivity contribution in [3.8, 4) is 0 Å². The van der Waals surface area contributed by atoms with Gasteiger partial charge in [0.15, 0.2) is 5.78 Å². The molecule has 0 aliphatic rings. The van der Waals surface area contributed by atoms with Crippen LogP contribution in [0.25, 0.3) is 0 Å². The summed E-state index contributed by atoms with van der Waals surface area (Å²) in [6, 6.07) is 5.72. The van der Waals surface area contributed by atoms with E-state index < -0.39 is 0 Å². The number of ketones is 1. The summed E-state index contributed by atoms with van der Waals surface area (Å²) in [5.74, 6) is 0.0295. The monoisotopic (exact) mass is 359 g/mol. The molecule has 0 spiro atoms. The van der Waals surface area contributed by atoms with Crippen LogP contribution in [-0.2, 0) is 6.42 Å². The van der Waals surface area contributed by atoms with E-state index in [9.17, 15) is 4.79 Å². The van der Waals surface area contributed by atoms with E-state index in [0.29, 0.717) is 12.1 Å². The fourth-order valence-corrected chi connectivity index (χ4v) is 3.19. The van der Waals surface area contributed by atoms with Gasteiger partial charge in [-0.1, -0.05) is 6.07 Å². The molecule has 2 aromatic rings. The van der Waals surface area contributed by atoms with Gasteiger partial charge in [-0.05, 0) is 49.4 Å². The topological polar surface area (TPSA) is 30.0 Å².